The van der Waals surface area contributed by atoms with Gasteiger partial charge in [-0.05, 0) is 61.5 Å². The lowest BCUT2D eigenvalue weighted by Crippen LogP contribution is -2.49. The van der Waals surface area contributed by atoms with Crippen LogP contribution in [0.15, 0.2) is 70.4 Å². The summed E-state index contributed by atoms with van der Waals surface area (Å²) in [5.74, 6) is 0.772. The number of aromatic nitrogens is 2. The van der Waals surface area contributed by atoms with Gasteiger partial charge in [-0.3, -0.25) is 4.79 Å². The van der Waals surface area contributed by atoms with Crippen molar-refractivity contribution in [1.29, 1.82) is 0 Å². The van der Waals surface area contributed by atoms with Crippen LogP contribution in [0.3, 0.4) is 0 Å². The lowest BCUT2D eigenvalue weighted by molar-refractivity contribution is 0.340. The number of hydrogen-bond acceptors (Lipinski definition) is 6. The molecule has 0 spiro atoms. The summed E-state index contributed by atoms with van der Waals surface area (Å²) in [6.45, 7) is 3.79. The van der Waals surface area contributed by atoms with Crippen molar-refractivity contribution in [2.75, 3.05) is 37.7 Å². The molecule has 0 atom stereocenters. The Morgan fingerprint density at radius 1 is 0.938 bits per heavy atom. The Morgan fingerprint density at radius 3 is 2.22 bits per heavy atom. The lowest BCUT2D eigenvalue weighted by Gasteiger charge is -2.34. The maximum atomic E-state index is 13.2. The first-order chi connectivity index (χ1) is 15.4. The fourth-order valence-corrected chi connectivity index (χ4v) is 4.94. The zero-order chi connectivity index (χ0) is 22.7. The Bertz CT molecular complexity index is 1240. The average Bonchev–Trinajstić information content (AvgIpc) is 2.81. The zero-order valence-corrected chi connectivity index (χ0v) is 18.3. The average molecular weight is 459 g/mol. The van der Waals surface area contributed by atoms with Gasteiger partial charge < -0.3 is 9.64 Å². The van der Waals surface area contributed by atoms with E-state index in [-0.39, 0.29) is 23.5 Å². The summed E-state index contributed by atoms with van der Waals surface area (Å²) in [5, 5.41) is 4.39. The molecule has 1 aromatic heterocycles. The molecule has 3 aromatic rings. The molecule has 0 saturated carbocycles. The molecule has 4 rings (SSSR count). The van der Waals surface area contributed by atoms with Crippen molar-refractivity contribution in [3.05, 3.63) is 76.8 Å². The molecule has 1 fully saturated rings. The van der Waals surface area contributed by atoms with Crippen LogP contribution in [0.25, 0.3) is 5.69 Å². The molecule has 0 amide bonds. The van der Waals surface area contributed by atoms with Crippen LogP contribution in [0.5, 0.6) is 5.75 Å². The summed E-state index contributed by atoms with van der Waals surface area (Å²) >= 11 is 0. The highest BCUT2D eigenvalue weighted by Crippen LogP contribution is 2.22. The minimum absolute atomic E-state index is 0.220. The van der Waals surface area contributed by atoms with E-state index in [4.69, 9.17) is 4.74 Å². The lowest BCUT2D eigenvalue weighted by atomic mass is 10.3. The van der Waals surface area contributed by atoms with Crippen LogP contribution in [-0.2, 0) is 10.0 Å². The van der Waals surface area contributed by atoms with E-state index in [1.54, 1.807) is 30.3 Å². The predicted octanol–water partition coefficient (Wildman–Crippen LogP) is 2.28. The van der Waals surface area contributed by atoms with Gasteiger partial charge in [0.15, 0.2) is 0 Å². The SMILES string of the molecule is CCOc1ccc(S(=O)(=O)N2CCN(c3ccc(=O)n(-c4ccc(F)cc4)n3)CC2)cc1. The molecular formula is C22H23FN4O4S. The summed E-state index contributed by atoms with van der Waals surface area (Å²) < 4.78 is 47.2. The van der Waals surface area contributed by atoms with Crippen molar-refractivity contribution < 1.29 is 17.5 Å². The number of anilines is 1. The third kappa shape index (κ3) is 4.51. The first-order valence-corrected chi connectivity index (χ1v) is 11.7. The summed E-state index contributed by atoms with van der Waals surface area (Å²) in [5.41, 5.74) is 0.118. The molecule has 1 saturated heterocycles. The van der Waals surface area contributed by atoms with Gasteiger partial charge >= 0.3 is 0 Å². The molecule has 1 aliphatic rings. The Balaban J connectivity index is 1.48. The Kier molecular flexibility index (Phi) is 6.24. The van der Waals surface area contributed by atoms with E-state index in [9.17, 15) is 17.6 Å². The number of ether oxygens (including phenoxy) is 1. The molecule has 0 radical (unpaired) electrons. The first kappa shape index (κ1) is 22.0. The maximum absolute atomic E-state index is 13.2. The van der Waals surface area contributed by atoms with Crippen molar-refractivity contribution in [1.82, 2.24) is 14.1 Å². The minimum Gasteiger partial charge on any atom is -0.494 e. The highest BCUT2D eigenvalue weighted by Gasteiger charge is 2.29. The second-order valence-electron chi connectivity index (χ2n) is 7.21. The monoisotopic (exact) mass is 458 g/mol. The van der Waals surface area contributed by atoms with Crippen molar-refractivity contribution >= 4 is 15.8 Å². The Morgan fingerprint density at radius 2 is 1.59 bits per heavy atom. The molecule has 1 aliphatic heterocycles. The molecule has 0 aliphatic carbocycles. The van der Waals surface area contributed by atoms with Crippen LogP contribution < -0.4 is 15.2 Å². The number of halogens is 1. The first-order valence-electron chi connectivity index (χ1n) is 10.2. The van der Waals surface area contributed by atoms with E-state index in [0.29, 0.717) is 37.0 Å². The van der Waals surface area contributed by atoms with Gasteiger partial charge in [-0.2, -0.15) is 8.99 Å². The molecule has 0 bridgehead atoms. The standard InChI is InChI=1S/C22H23FN4O4S/c1-2-31-19-7-9-20(10-8-19)32(29,30)26-15-13-25(14-16-26)21-11-12-22(28)27(24-21)18-5-3-17(23)4-6-18/h3-12H,2,13-16H2,1H3. The summed E-state index contributed by atoms with van der Waals surface area (Å²) in [7, 11) is -3.62. The summed E-state index contributed by atoms with van der Waals surface area (Å²) in [6, 6.07) is 14.9. The fraction of sp³-hybridized carbons (Fsp3) is 0.273. The number of nitrogens with zero attached hydrogens (tertiary/aromatic N) is 4. The second-order valence-corrected chi connectivity index (χ2v) is 9.15. The summed E-state index contributed by atoms with van der Waals surface area (Å²) in [6.07, 6.45) is 0. The van der Waals surface area contributed by atoms with Crippen molar-refractivity contribution in [3.63, 3.8) is 0 Å². The van der Waals surface area contributed by atoms with Crippen LogP contribution in [0.4, 0.5) is 10.2 Å². The number of sulfonamides is 1. The molecule has 168 valence electrons. The van der Waals surface area contributed by atoms with Crippen LogP contribution in [0.1, 0.15) is 6.92 Å². The van der Waals surface area contributed by atoms with E-state index < -0.39 is 15.8 Å². The minimum atomic E-state index is -3.62. The van der Waals surface area contributed by atoms with E-state index in [0.717, 1.165) is 0 Å². The maximum Gasteiger partial charge on any atom is 0.271 e. The van der Waals surface area contributed by atoms with Crippen LogP contribution in [-0.4, -0.2) is 55.3 Å². The smallest absolute Gasteiger partial charge is 0.271 e. The Labute approximate surface area is 185 Å². The van der Waals surface area contributed by atoms with Crippen molar-refractivity contribution in [2.45, 2.75) is 11.8 Å². The van der Waals surface area contributed by atoms with Crippen molar-refractivity contribution in [3.8, 4) is 11.4 Å². The van der Waals surface area contributed by atoms with E-state index in [2.05, 4.69) is 5.10 Å². The molecule has 2 aromatic carbocycles. The van der Waals surface area contributed by atoms with Gasteiger partial charge in [0.1, 0.15) is 17.4 Å². The summed E-state index contributed by atoms with van der Waals surface area (Å²) in [4.78, 5) is 14.4. The van der Waals surface area contributed by atoms with E-state index >= 15 is 0 Å². The van der Waals surface area contributed by atoms with Crippen molar-refractivity contribution in [2.24, 2.45) is 0 Å². The number of hydrogen-bond donors (Lipinski definition) is 0. The third-order valence-electron chi connectivity index (χ3n) is 5.19. The third-order valence-corrected chi connectivity index (χ3v) is 7.11. The molecular weight excluding hydrogens is 435 g/mol. The van der Waals surface area contributed by atoms with Gasteiger partial charge in [-0.25, -0.2) is 12.8 Å². The van der Waals surface area contributed by atoms with E-state index in [1.165, 1.54) is 39.3 Å². The van der Waals surface area contributed by atoms with Crippen LogP contribution in [0.2, 0.25) is 0 Å². The van der Waals surface area contributed by atoms with Gasteiger partial charge in [0.2, 0.25) is 10.0 Å². The van der Waals surface area contributed by atoms with Gasteiger partial charge in [-0.1, -0.05) is 0 Å². The van der Waals surface area contributed by atoms with Crippen LogP contribution >= 0.6 is 0 Å². The second kappa shape index (κ2) is 9.09. The van der Waals surface area contributed by atoms with Gasteiger partial charge in [0.25, 0.3) is 5.56 Å². The zero-order valence-electron chi connectivity index (χ0n) is 17.5. The normalized spacial score (nSPS) is 15.0. The topological polar surface area (TPSA) is 84.7 Å². The molecule has 0 N–H and O–H groups in total. The predicted molar refractivity (Wildman–Crippen MR) is 118 cm³/mol. The fourth-order valence-electron chi connectivity index (χ4n) is 3.52. The number of benzene rings is 2. The highest BCUT2D eigenvalue weighted by atomic mass is 32.2. The highest BCUT2D eigenvalue weighted by molar-refractivity contribution is 7.89. The molecule has 8 nitrogen and oxygen atoms in total. The molecule has 10 heteroatoms. The van der Waals surface area contributed by atoms with Gasteiger partial charge in [0, 0.05) is 32.2 Å². The molecule has 0 unspecified atom stereocenters. The van der Waals surface area contributed by atoms with Gasteiger partial charge in [-0.15, -0.1) is 5.10 Å². The van der Waals surface area contributed by atoms with E-state index in [1.807, 2.05) is 11.8 Å². The van der Waals surface area contributed by atoms with Gasteiger partial charge in [0.05, 0.1) is 17.2 Å². The number of piperazine rings is 1. The number of rotatable bonds is 6. The van der Waals surface area contributed by atoms with Crippen LogP contribution in [0, 0.1) is 5.82 Å². The molecule has 2 heterocycles. The largest absolute Gasteiger partial charge is 0.494 e. The quantitative estimate of drug-likeness (QED) is 0.564. The molecule has 32 heavy (non-hydrogen) atoms. The Hall–Kier alpha value is -3.24.